The molecule has 1 heterocycles. The molecule has 0 bridgehead atoms. The van der Waals surface area contributed by atoms with Crippen molar-refractivity contribution in [3.05, 3.63) is 29.3 Å². The third-order valence-electron chi connectivity index (χ3n) is 2.58. The quantitative estimate of drug-likeness (QED) is 0.457. The predicted octanol–water partition coefficient (Wildman–Crippen LogP) is 1.21. The molecule has 0 saturated carbocycles. The van der Waals surface area contributed by atoms with Crippen molar-refractivity contribution in [2.75, 3.05) is 20.8 Å². The second-order valence-corrected chi connectivity index (χ2v) is 3.69. The van der Waals surface area contributed by atoms with Gasteiger partial charge in [-0.1, -0.05) is 6.07 Å². The highest BCUT2D eigenvalue weighted by Gasteiger charge is 2.28. The van der Waals surface area contributed by atoms with Gasteiger partial charge in [0.05, 0.1) is 14.2 Å². The van der Waals surface area contributed by atoms with E-state index in [1.54, 1.807) is 31.4 Å². The van der Waals surface area contributed by atoms with E-state index in [2.05, 4.69) is 4.74 Å². The van der Waals surface area contributed by atoms with Crippen LogP contribution >= 0.6 is 0 Å². The second-order valence-electron chi connectivity index (χ2n) is 3.69. The first-order valence-electron chi connectivity index (χ1n) is 5.29. The lowest BCUT2D eigenvalue weighted by Gasteiger charge is -2.07. The van der Waals surface area contributed by atoms with Gasteiger partial charge in [-0.2, -0.15) is 0 Å². The van der Waals surface area contributed by atoms with Crippen molar-refractivity contribution in [3.8, 4) is 11.5 Å². The number of hydrogen-bond donors (Lipinski definition) is 0. The summed E-state index contributed by atoms with van der Waals surface area (Å²) in [5.41, 5.74) is 1.08. The number of Topliss-reactive ketones (excluding diaryl/α,β-unsaturated/α-hetero) is 1. The fraction of sp³-hybridized carbons (Fsp3) is 0.231. The Labute approximate surface area is 104 Å². The van der Waals surface area contributed by atoms with Crippen molar-refractivity contribution in [2.24, 2.45) is 0 Å². The first-order valence-corrected chi connectivity index (χ1v) is 5.29. The topological polar surface area (TPSA) is 61.8 Å². The van der Waals surface area contributed by atoms with E-state index in [1.807, 2.05) is 0 Å². The number of carbonyl (C=O) groups excluding carboxylic acids is 2. The van der Waals surface area contributed by atoms with E-state index in [0.29, 0.717) is 17.1 Å². The van der Waals surface area contributed by atoms with Crippen LogP contribution in [0.1, 0.15) is 5.56 Å². The highest BCUT2D eigenvalue weighted by atomic mass is 16.5. The minimum atomic E-state index is -0.804. The molecule has 0 aromatic heterocycles. The molecule has 1 fully saturated rings. The fourth-order valence-electron chi connectivity index (χ4n) is 1.66. The number of ketones is 1. The van der Waals surface area contributed by atoms with Crippen LogP contribution in [0.25, 0.3) is 6.08 Å². The standard InChI is InChI=1S/C13H12O5/c1-16-10-4-3-8(6-11(10)17-2)5-9-7-18-13(15)12(9)14/h3-6H,7H2,1-2H3/b9-5+. The summed E-state index contributed by atoms with van der Waals surface area (Å²) in [6.45, 7) is 0.0199. The Kier molecular flexibility index (Phi) is 3.32. The van der Waals surface area contributed by atoms with Crippen LogP contribution in [-0.2, 0) is 14.3 Å². The molecule has 1 aliphatic rings. The lowest BCUT2D eigenvalue weighted by atomic mass is 10.1. The summed E-state index contributed by atoms with van der Waals surface area (Å²) in [5.74, 6) is -0.235. The molecule has 0 unspecified atom stereocenters. The second kappa shape index (κ2) is 4.91. The Hall–Kier alpha value is -2.30. The van der Waals surface area contributed by atoms with Crippen molar-refractivity contribution in [1.82, 2.24) is 0 Å². The third kappa shape index (κ3) is 2.20. The zero-order valence-corrected chi connectivity index (χ0v) is 10.1. The summed E-state index contributed by atoms with van der Waals surface area (Å²) < 4.78 is 14.9. The summed E-state index contributed by atoms with van der Waals surface area (Å²) in [5, 5.41) is 0. The van der Waals surface area contributed by atoms with Gasteiger partial charge in [-0.05, 0) is 23.8 Å². The number of ether oxygens (including phenoxy) is 3. The first-order chi connectivity index (χ1) is 8.65. The fourth-order valence-corrected chi connectivity index (χ4v) is 1.66. The minimum Gasteiger partial charge on any atom is -0.493 e. The molecule has 0 N–H and O–H groups in total. The van der Waals surface area contributed by atoms with Gasteiger partial charge in [0.2, 0.25) is 0 Å². The Bertz CT molecular complexity index is 530. The zero-order chi connectivity index (χ0) is 13.1. The summed E-state index contributed by atoms with van der Waals surface area (Å²) in [4.78, 5) is 22.3. The van der Waals surface area contributed by atoms with Gasteiger partial charge >= 0.3 is 5.97 Å². The number of methoxy groups -OCH3 is 2. The smallest absolute Gasteiger partial charge is 0.379 e. The summed E-state index contributed by atoms with van der Waals surface area (Å²) >= 11 is 0. The highest BCUT2D eigenvalue weighted by Crippen LogP contribution is 2.28. The van der Waals surface area contributed by atoms with Crippen LogP contribution in [0.15, 0.2) is 23.8 Å². The van der Waals surface area contributed by atoms with Gasteiger partial charge in [-0.25, -0.2) is 4.79 Å². The summed E-state index contributed by atoms with van der Waals surface area (Å²) in [7, 11) is 3.07. The van der Waals surface area contributed by atoms with Gasteiger partial charge in [-0.3, -0.25) is 4.79 Å². The van der Waals surface area contributed by atoms with Crippen LogP contribution in [0.2, 0.25) is 0 Å². The lowest BCUT2D eigenvalue weighted by molar-refractivity contribution is -0.146. The van der Waals surface area contributed by atoms with Crippen molar-refractivity contribution in [2.45, 2.75) is 0 Å². The number of carbonyl (C=O) groups is 2. The van der Waals surface area contributed by atoms with Crippen LogP contribution in [0.4, 0.5) is 0 Å². The molecular weight excluding hydrogens is 236 g/mol. The molecule has 5 nitrogen and oxygen atoms in total. The predicted molar refractivity (Wildman–Crippen MR) is 63.5 cm³/mol. The Morgan fingerprint density at radius 1 is 1.17 bits per heavy atom. The van der Waals surface area contributed by atoms with E-state index < -0.39 is 11.8 Å². The van der Waals surface area contributed by atoms with Gasteiger partial charge in [0.25, 0.3) is 5.78 Å². The molecule has 0 amide bonds. The SMILES string of the molecule is COc1ccc(/C=C2\COC(=O)C2=O)cc1OC. The first kappa shape index (κ1) is 12.2. The molecule has 18 heavy (non-hydrogen) atoms. The molecule has 94 valence electrons. The van der Waals surface area contributed by atoms with E-state index >= 15 is 0 Å². The monoisotopic (exact) mass is 248 g/mol. The molecule has 0 spiro atoms. The normalized spacial score (nSPS) is 16.9. The maximum Gasteiger partial charge on any atom is 0.379 e. The van der Waals surface area contributed by atoms with E-state index in [9.17, 15) is 9.59 Å². The number of hydrogen-bond acceptors (Lipinski definition) is 5. The van der Waals surface area contributed by atoms with Crippen molar-refractivity contribution in [3.63, 3.8) is 0 Å². The molecule has 2 rings (SSSR count). The van der Waals surface area contributed by atoms with Crippen LogP contribution in [0.5, 0.6) is 11.5 Å². The van der Waals surface area contributed by atoms with Crippen LogP contribution < -0.4 is 9.47 Å². The van der Waals surface area contributed by atoms with Gasteiger partial charge < -0.3 is 14.2 Å². The van der Waals surface area contributed by atoms with E-state index in [-0.39, 0.29) is 6.61 Å². The van der Waals surface area contributed by atoms with Crippen molar-refractivity contribution < 1.29 is 23.8 Å². The largest absolute Gasteiger partial charge is 0.493 e. The zero-order valence-electron chi connectivity index (χ0n) is 10.1. The van der Waals surface area contributed by atoms with Crippen LogP contribution in [-0.4, -0.2) is 32.6 Å². The van der Waals surface area contributed by atoms with E-state index in [0.717, 1.165) is 5.56 Å². The molecular formula is C13H12O5. The maximum absolute atomic E-state index is 11.4. The van der Waals surface area contributed by atoms with Crippen molar-refractivity contribution in [1.29, 1.82) is 0 Å². The summed E-state index contributed by atoms with van der Waals surface area (Å²) in [6.07, 6.45) is 1.61. The van der Waals surface area contributed by atoms with Crippen LogP contribution in [0.3, 0.4) is 0 Å². The third-order valence-corrected chi connectivity index (χ3v) is 2.58. The Morgan fingerprint density at radius 2 is 1.89 bits per heavy atom. The Morgan fingerprint density at radius 3 is 2.44 bits per heavy atom. The van der Waals surface area contributed by atoms with Crippen LogP contribution in [0, 0.1) is 0 Å². The molecule has 0 atom stereocenters. The number of benzene rings is 1. The molecule has 0 aliphatic carbocycles. The van der Waals surface area contributed by atoms with E-state index in [4.69, 9.17) is 9.47 Å². The Balaban J connectivity index is 2.33. The number of esters is 1. The molecule has 0 radical (unpaired) electrons. The average molecular weight is 248 g/mol. The highest BCUT2D eigenvalue weighted by molar-refractivity contribution is 6.43. The number of rotatable bonds is 3. The molecule has 5 heteroatoms. The molecule has 1 aromatic rings. The minimum absolute atomic E-state index is 0.0199. The van der Waals surface area contributed by atoms with Gasteiger partial charge in [0, 0.05) is 5.57 Å². The molecule has 1 aromatic carbocycles. The summed E-state index contributed by atoms with van der Waals surface area (Å²) in [6, 6.07) is 5.22. The molecule has 1 aliphatic heterocycles. The van der Waals surface area contributed by atoms with Gasteiger partial charge in [0.15, 0.2) is 11.5 Å². The van der Waals surface area contributed by atoms with Gasteiger partial charge in [0.1, 0.15) is 6.61 Å². The lowest BCUT2D eigenvalue weighted by Crippen LogP contribution is -2.06. The average Bonchev–Trinajstić information content (AvgIpc) is 2.70. The number of cyclic esters (lactones) is 1. The molecule has 1 saturated heterocycles. The maximum atomic E-state index is 11.4. The van der Waals surface area contributed by atoms with Crippen molar-refractivity contribution >= 4 is 17.8 Å². The van der Waals surface area contributed by atoms with E-state index in [1.165, 1.54) is 7.11 Å². The van der Waals surface area contributed by atoms with Gasteiger partial charge in [-0.15, -0.1) is 0 Å².